The van der Waals surface area contributed by atoms with Gasteiger partial charge in [0.05, 0.1) is 19.3 Å². The highest BCUT2D eigenvalue weighted by atomic mass is 19.1. The number of rotatable bonds is 4. The predicted octanol–water partition coefficient (Wildman–Crippen LogP) is 1.97. The molecule has 0 aromatic heterocycles. The number of ether oxygens (including phenoxy) is 1. The van der Waals surface area contributed by atoms with Crippen LogP contribution in [0.15, 0.2) is 24.3 Å². The average molecular weight is 253 g/mol. The van der Waals surface area contributed by atoms with E-state index in [-0.39, 0.29) is 5.82 Å². The van der Waals surface area contributed by atoms with Gasteiger partial charge in [-0.05, 0) is 31.0 Å². The van der Waals surface area contributed by atoms with Crippen molar-refractivity contribution in [2.24, 2.45) is 0 Å². The molecule has 1 aromatic carbocycles. The van der Waals surface area contributed by atoms with Crippen LogP contribution in [0.2, 0.25) is 0 Å². The van der Waals surface area contributed by atoms with Crippen LogP contribution in [-0.2, 0) is 4.74 Å². The Bertz CT molecular complexity index is 369. The summed E-state index contributed by atoms with van der Waals surface area (Å²) >= 11 is 0. The van der Waals surface area contributed by atoms with Gasteiger partial charge >= 0.3 is 0 Å². The fraction of sp³-hybridized carbons (Fsp3) is 0.571. The van der Waals surface area contributed by atoms with Gasteiger partial charge in [0.1, 0.15) is 5.82 Å². The summed E-state index contributed by atoms with van der Waals surface area (Å²) < 4.78 is 18.1. The molecule has 0 bridgehead atoms. The highest BCUT2D eigenvalue weighted by Crippen LogP contribution is 2.18. The second-order valence-corrected chi connectivity index (χ2v) is 4.82. The Labute approximate surface area is 107 Å². The first-order valence-corrected chi connectivity index (χ1v) is 6.42. The molecule has 1 N–H and O–H groups in total. The first-order valence-electron chi connectivity index (χ1n) is 6.42. The zero-order valence-corrected chi connectivity index (χ0v) is 10.7. The summed E-state index contributed by atoms with van der Waals surface area (Å²) in [5.74, 6) is -0.271. The smallest absolute Gasteiger partial charge is 0.123 e. The predicted molar refractivity (Wildman–Crippen MR) is 67.8 cm³/mol. The zero-order valence-electron chi connectivity index (χ0n) is 10.7. The van der Waals surface area contributed by atoms with E-state index in [1.807, 2.05) is 0 Å². The second-order valence-electron chi connectivity index (χ2n) is 4.82. The maximum atomic E-state index is 12.8. The molecule has 1 aliphatic rings. The quantitative estimate of drug-likeness (QED) is 0.890. The van der Waals surface area contributed by atoms with E-state index in [1.54, 1.807) is 12.1 Å². The number of benzene rings is 1. The lowest BCUT2D eigenvalue weighted by Gasteiger charge is -2.33. The van der Waals surface area contributed by atoms with Crippen molar-refractivity contribution >= 4 is 0 Å². The molecule has 18 heavy (non-hydrogen) atoms. The van der Waals surface area contributed by atoms with Gasteiger partial charge in [0, 0.05) is 19.1 Å². The fourth-order valence-electron chi connectivity index (χ4n) is 2.23. The monoisotopic (exact) mass is 253 g/mol. The summed E-state index contributed by atoms with van der Waals surface area (Å²) in [6.45, 7) is 5.40. The largest absolute Gasteiger partial charge is 0.388 e. The lowest BCUT2D eigenvalue weighted by Crippen LogP contribution is -2.44. The minimum atomic E-state index is -0.527. The van der Waals surface area contributed by atoms with E-state index >= 15 is 0 Å². The fourth-order valence-corrected chi connectivity index (χ4v) is 2.23. The van der Waals surface area contributed by atoms with Crippen LogP contribution < -0.4 is 0 Å². The molecule has 2 rings (SSSR count). The SMILES string of the molecule is CC1COCCN1CCC(O)c1ccc(F)cc1. The van der Waals surface area contributed by atoms with Crippen molar-refractivity contribution in [3.63, 3.8) is 0 Å². The minimum Gasteiger partial charge on any atom is -0.388 e. The number of morpholine rings is 1. The van der Waals surface area contributed by atoms with Crippen molar-refractivity contribution in [1.82, 2.24) is 4.90 Å². The number of halogens is 1. The van der Waals surface area contributed by atoms with Gasteiger partial charge in [-0.1, -0.05) is 12.1 Å². The molecule has 1 saturated heterocycles. The molecule has 2 unspecified atom stereocenters. The van der Waals surface area contributed by atoms with Crippen LogP contribution in [-0.4, -0.2) is 42.4 Å². The van der Waals surface area contributed by atoms with Crippen molar-refractivity contribution in [3.05, 3.63) is 35.6 Å². The van der Waals surface area contributed by atoms with Gasteiger partial charge in [0.15, 0.2) is 0 Å². The van der Waals surface area contributed by atoms with E-state index in [1.165, 1.54) is 12.1 Å². The van der Waals surface area contributed by atoms with Gasteiger partial charge in [-0.25, -0.2) is 4.39 Å². The Hall–Kier alpha value is -0.970. The molecule has 0 amide bonds. The minimum absolute atomic E-state index is 0.271. The van der Waals surface area contributed by atoms with Gasteiger partial charge in [-0.2, -0.15) is 0 Å². The van der Waals surface area contributed by atoms with Crippen LogP contribution in [0.3, 0.4) is 0 Å². The number of hydrogen-bond donors (Lipinski definition) is 1. The van der Waals surface area contributed by atoms with E-state index in [0.29, 0.717) is 12.5 Å². The Morgan fingerprint density at radius 1 is 1.44 bits per heavy atom. The van der Waals surface area contributed by atoms with E-state index in [0.717, 1.165) is 31.9 Å². The third-order valence-corrected chi connectivity index (χ3v) is 3.45. The van der Waals surface area contributed by atoms with Crippen molar-refractivity contribution in [2.45, 2.75) is 25.5 Å². The van der Waals surface area contributed by atoms with Crippen molar-refractivity contribution in [2.75, 3.05) is 26.3 Å². The van der Waals surface area contributed by atoms with Crippen LogP contribution in [0.5, 0.6) is 0 Å². The summed E-state index contributed by atoms with van der Waals surface area (Å²) in [5, 5.41) is 10.0. The molecule has 1 heterocycles. The van der Waals surface area contributed by atoms with E-state index < -0.39 is 6.10 Å². The van der Waals surface area contributed by atoms with Crippen LogP contribution in [0.1, 0.15) is 25.0 Å². The van der Waals surface area contributed by atoms with Crippen LogP contribution in [0, 0.1) is 5.82 Å². The normalized spacial score (nSPS) is 22.9. The molecular formula is C14H20FNO2. The van der Waals surface area contributed by atoms with Crippen molar-refractivity contribution in [3.8, 4) is 0 Å². The molecule has 0 aliphatic carbocycles. The molecule has 1 aliphatic heterocycles. The van der Waals surface area contributed by atoms with E-state index in [4.69, 9.17) is 4.74 Å². The van der Waals surface area contributed by atoms with Crippen LogP contribution in [0.25, 0.3) is 0 Å². The molecule has 0 saturated carbocycles. The van der Waals surface area contributed by atoms with E-state index in [9.17, 15) is 9.50 Å². The van der Waals surface area contributed by atoms with Gasteiger partial charge in [0.25, 0.3) is 0 Å². The van der Waals surface area contributed by atoms with E-state index in [2.05, 4.69) is 11.8 Å². The zero-order chi connectivity index (χ0) is 13.0. The summed E-state index contributed by atoms with van der Waals surface area (Å²) in [7, 11) is 0. The molecule has 3 nitrogen and oxygen atoms in total. The molecule has 0 spiro atoms. The molecule has 1 aromatic rings. The molecule has 0 radical (unpaired) electrons. The number of nitrogens with zero attached hydrogens (tertiary/aromatic N) is 1. The van der Waals surface area contributed by atoms with Gasteiger partial charge in [-0.3, -0.25) is 4.90 Å². The van der Waals surface area contributed by atoms with Crippen molar-refractivity contribution in [1.29, 1.82) is 0 Å². The topological polar surface area (TPSA) is 32.7 Å². The Kier molecular flexibility index (Phi) is 4.69. The third-order valence-electron chi connectivity index (χ3n) is 3.45. The van der Waals surface area contributed by atoms with Crippen molar-refractivity contribution < 1.29 is 14.2 Å². The highest BCUT2D eigenvalue weighted by molar-refractivity contribution is 5.18. The Morgan fingerprint density at radius 3 is 2.83 bits per heavy atom. The first-order chi connectivity index (χ1) is 8.66. The van der Waals surface area contributed by atoms with Gasteiger partial charge in [-0.15, -0.1) is 0 Å². The van der Waals surface area contributed by atoms with Gasteiger partial charge < -0.3 is 9.84 Å². The third kappa shape index (κ3) is 3.51. The van der Waals surface area contributed by atoms with Crippen LogP contribution in [0.4, 0.5) is 4.39 Å². The highest BCUT2D eigenvalue weighted by Gasteiger charge is 2.19. The lowest BCUT2D eigenvalue weighted by molar-refractivity contribution is -0.00639. The lowest BCUT2D eigenvalue weighted by atomic mass is 10.1. The number of aliphatic hydroxyl groups is 1. The second kappa shape index (κ2) is 6.27. The van der Waals surface area contributed by atoms with Crippen LogP contribution >= 0.6 is 0 Å². The summed E-state index contributed by atoms with van der Waals surface area (Å²) in [6.07, 6.45) is 0.135. The Morgan fingerprint density at radius 2 is 2.17 bits per heavy atom. The molecule has 2 atom stereocenters. The van der Waals surface area contributed by atoms with Gasteiger partial charge in [0.2, 0.25) is 0 Å². The molecular weight excluding hydrogens is 233 g/mol. The standard InChI is InChI=1S/C14H20FNO2/c1-11-10-18-9-8-16(11)7-6-14(17)12-2-4-13(15)5-3-12/h2-5,11,14,17H,6-10H2,1H3. The Balaban J connectivity index is 1.83. The maximum absolute atomic E-state index is 12.8. The maximum Gasteiger partial charge on any atom is 0.123 e. The molecule has 100 valence electrons. The summed E-state index contributed by atoms with van der Waals surface area (Å²) in [6, 6.07) is 6.45. The average Bonchev–Trinajstić information content (AvgIpc) is 2.38. The number of hydrogen-bond acceptors (Lipinski definition) is 3. The first kappa shape index (κ1) is 13.5. The molecule has 1 fully saturated rings. The number of aliphatic hydroxyl groups excluding tert-OH is 1. The summed E-state index contributed by atoms with van der Waals surface area (Å²) in [5.41, 5.74) is 0.775. The summed E-state index contributed by atoms with van der Waals surface area (Å²) in [4.78, 5) is 2.32. The molecule has 4 heteroatoms.